The average Bonchev–Trinajstić information content (AvgIpc) is 2.90. The fourth-order valence-corrected chi connectivity index (χ4v) is 4.01. The molecule has 7 heteroatoms. The molecular weight excluding hydrogens is 488 g/mol. The lowest BCUT2D eigenvalue weighted by Crippen LogP contribution is -2.28. The predicted octanol–water partition coefficient (Wildman–Crippen LogP) is 7.01. The van der Waals surface area contributed by atoms with Gasteiger partial charge in [-0.3, -0.25) is 0 Å². The van der Waals surface area contributed by atoms with Crippen LogP contribution in [0.25, 0.3) is 0 Å². The second-order valence-electron chi connectivity index (χ2n) is 9.65. The largest absolute Gasteiger partial charge is 0.462 e. The number of benzene rings is 1. The zero-order valence-corrected chi connectivity index (χ0v) is 24.8. The Hall–Kier alpha value is -1.63. The van der Waals surface area contributed by atoms with Crippen LogP contribution < -0.4 is 0 Å². The Morgan fingerprint density at radius 3 is 1.08 bits per heavy atom. The van der Waals surface area contributed by atoms with Crippen molar-refractivity contribution < 1.29 is 19.1 Å². The maximum absolute atomic E-state index is 12.4. The maximum atomic E-state index is 12.4. The molecule has 0 saturated carbocycles. The Labute approximate surface area is 232 Å². The van der Waals surface area contributed by atoms with Gasteiger partial charge in [0.2, 0.25) is 0 Å². The molecule has 6 nitrogen and oxygen atoms in total. The van der Waals surface area contributed by atoms with Crippen molar-refractivity contribution in [3.8, 4) is 0 Å². The Morgan fingerprint density at radius 2 is 0.811 bits per heavy atom. The van der Waals surface area contributed by atoms with Gasteiger partial charge in [-0.2, -0.15) is 0 Å². The highest BCUT2D eigenvalue weighted by Crippen LogP contribution is 2.09. The summed E-state index contributed by atoms with van der Waals surface area (Å²) >= 11 is 0. The summed E-state index contributed by atoms with van der Waals surface area (Å²) in [5.74, 6) is -0.689. The summed E-state index contributed by atoms with van der Waals surface area (Å²) in [6.45, 7) is 16.0. The highest BCUT2D eigenvalue weighted by Gasteiger charge is 2.12. The number of esters is 2. The third kappa shape index (κ3) is 16.7. The van der Waals surface area contributed by atoms with E-state index in [4.69, 9.17) is 9.47 Å². The Bertz CT molecular complexity index is 624. The Kier molecular flexibility index (Phi) is 22.4. The zero-order valence-electron chi connectivity index (χ0n) is 24.0. The van der Waals surface area contributed by atoms with Crippen molar-refractivity contribution >= 4 is 24.3 Å². The second kappa shape index (κ2) is 23.5. The molecule has 0 atom stereocenters. The number of ether oxygens (including phenoxy) is 2. The first kappa shape index (κ1) is 35.4. The van der Waals surface area contributed by atoms with Gasteiger partial charge in [0, 0.05) is 13.1 Å². The van der Waals surface area contributed by atoms with Gasteiger partial charge >= 0.3 is 11.9 Å². The van der Waals surface area contributed by atoms with Crippen LogP contribution in [0.5, 0.6) is 0 Å². The summed E-state index contributed by atoms with van der Waals surface area (Å²) in [7, 11) is 0. The van der Waals surface area contributed by atoms with Crippen LogP contribution in [0.15, 0.2) is 24.3 Å². The van der Waals surface area contributed by atoms with E-state index in [0.717, 1.165) is 52.1 Å². The molecule has 0 N–H and O–H groups in total. The molecule has 0 aromatic heterocycles. The molecule has 0 aliphatic carbocycles. The standard InChI is InChI=1S/C30H52N2O4.ClH/c1-5-9-19-31(20-10-6-2)23-13-25-35-29(33)27-15-17-28(18-16-27)30(34)36-26-14-24-32(21-11-7-3)22-12-8-4;/h15-18H,5-14,19-26H2,1-4H3;1H. The van der Waals surface area contributed by atoms with E-state index in [0.29, 0.717) is 24.3 Å². The van der Waals surface area contributed by atoms with Gasteiger partial charge in [-0.1, -0.05) is 53.4 Å². The minimum atomic E-state index is -0.345. The Morgan fingerprint density at radius 1 is 0.541 bits per heavy atom. The van der Waals surface area contributed by atoms with Crippen molar-refractivity contribution in [1.29, 1.82) is 0 Å². The van der Waals surface area contributed by atoms with Gasteiger partial charge in [-0.05, 0) is 89.0 Å². The van der Waals surface area contributed by atoms with Gasteiger partial charge in [0.25, 0.3) is 0 Å². The van der Waals surface area contributed by atoms with E-state index in [1.54, 1.807) is 24.3 Å². The van der Waals surface area contributed by atoms with E-state index in [-0.39, 0.29) is 24.3 Å². The van der Waals surface area contributed by atoms with E-state index < -0.39 is 0 Å². The number of carbonyl (C=O) groups excluding carboxylic acids is 2. The summed E-state index contributed by atoms with van der Waals surface area (Å²) in [4.78, 5) is 29.7. The van der Waals surface area contributed by atoms with Crippen LogP contribution in [0.4, 0.5) is 0 Å². The highest BCUT2D eigenvalue weighted by molar-refractivity contribution is 5.93. The molecule has 0 aliphatic heterocycles. The number of halogens is 1. The van der Waals surface area contributed by atoms with E-state index in [9.17, 15) is 9.59 Å². The third-order valence-corrected chi connectivity index (χ3v) is 6.37. The summed E-state index contributed by atoms with van der Waals surface area (Å²) in [5.41, 5.74) is 0.922. The van der Waals surface area contributed by atoms with Gasteiger partial charge in [0.05, 0.1) is 24.3 Å². The first-order chi connectivity index (χ1) is 17.5. The molecular formula is C30H53ClN2O4. The van der Waals surface area contributed by atoms with Crippen LogP contribution in [-0.4, -0.2) is 74.2 Å². The number of nitrogens with zero attached hydrogens (tertiary/aromatic N) is 2. The number of rotatable bonds is 22. The molecule has 0 aliphatic rings. The monoisotopic (exact) mass is 540 g/mol. The van der Waals surface area contributed by atoms with Gasteiger partial charge in [-0.25, -0.2) is 9.59 Å². The number of hydrogen-bond donors (Lipinski definition) is 0. The molecule has 0 spiro atoms. The van der Waals surface area contributed by atoms with E-state index in [2.05, 4.69) is 37.5 Å². The maximum Gasteiger partial charge on any atom is 0.338 e. The quantitative estimate of drug-likeness (QED) is 0.116. The van der Waals surface area contributed by atoms with Crippen molar-refractivity contribution in [2.45, 2.75) is 91.9 Å². The molecule has 0 unspecified atom stereocenters. The normalized spacial score (nSPS) is 11.0. The molecule has 1 aromatic carbocycles. The topological polar surface area (TPSA) is 59.1 Å². The van der Waals surface area contributed by atoms with Crippen LogP contribution in [0, 0.1) is 0 Å². The second-order valence-corrected chi connectivity index (χ2v) is 9.65. The van der Waals surface area contributed by atoms with Crippen molar-refractivity contribution in [1.82, 2.24) is 9.80 Å². The average molecular weight is 541 g/mol. The van der Waals surface area contributed by atoms with Gasteiger partial charge < -0.3 is 19.3 Å². The molecule has 0 bridgehead atoms. The van der Waals surface area contributed by atoms with Crippen LogP contribution in [0.2, 0.25) is 0 Å². The number of hydrogen-bond acceptors (Lipinski definition) is 6. The fraction of sp³-hybridized carbons (Fsp3) is 0.733. The lowest BCUT2D eigenvalue weighted by atomic mass is 10.1. The molecule has 0 fully saturated rings. The van der Waals surface area contributed by atoms with Crippen LogP contribution in [0.3, 0.4) is 0 Å². The third-order valence-electron chi connectivity index (χ3n) is 6.37. The van der Waals surface area contributed by atoms with E-state index >= 15 is 0 Å². The van der Waals surface area contributed by atoms with Gasteiger partial charge in [0.15, 0.2) is 0 Å². The van der Waals surface area contributed by atoms with Crippen LogP contribution in [0.1, 0.15) is 113 Å². The molecule has 0 radical (unpaired) electrons. The molecule has 1 rings (SSSR count). The first-order valence-corrected chi connectivity index (χ1v) is 14.4. The minimum Gasteiger partial charge on any atom is -0.462 e. The lowest BCUT2D eigenvalue weighted by Gasteiger charge is -2.21. The van der Waals surface area contributed by atoms with Crippen molar-refractivity contribution in [3.05, 3.63) is 35.4 Å². The van der Waals surface area contributed by atoms with Gasteiger partial charge in [0.1, 0.15) is 0 Å². The zero-order chi connectivity index (χ0) is 26.4. The molecule has 0 saturated heterocycles. The van der Waals surface area contributed by atoms with Crippen molar-refractivity contribution in [3.63, 3.8) is 0 Å². The predicted molar refractivity (Wildman–Crippen MR) is 156 cm³/mol. The summed E-state index contributed by atoms with van der Waals surface area (Å²) < 4.78 is 10.9. The van der Waals surface area contributed by atoms with Crippen LogP contribution >= 0.6 is 12.4 Å². The van der Waals surface area contributed by atoms with Gasteiger partial charge in [-0.15, -0.1) is 12.4 Å². The fourth-order valence-electron chi connectivity index (χ4n) is 4.01. The van der Waals surface area contributed by atoms with E-state index in [1.807, 2.05) is 0 Å². The van der Waals surface area contributed by atoms with Crippen LogP contribution in [-0.2, 0) is 9.47 Å². The molecule has 37 heavy (non-hydrogen) atoms. The summed E-state index contributed by atoms with van der Waals surface area (Å²) in [5, 5.41) is 0. The smallest absolute Gasteiger partial charge is 0.338 e. The summed E-state index contributed by atoms with van der Waals surface area (Å²) in [6.07, 6.45) is 11.2. The highest BCUT2D eigenvalue weighted by atomic mass is 35.5. The molecule has 214 valence electrons. The molecule has 0 heterocycles. The van der Waals surface area contributed by atoms with Crippen molar-refractivity contribution in [2.24, 2.45) is 0 Å². The van der Waals surface area contributed by atoms with E-state index in [1.165, 1.54) is 51.4 Å². The van der Waals surface area contributed by atoms with Crippen molar-refractivity contribution in [2.75, 3.05) is 52.5 Å². The SMILES string of the molecule is CCCCN(CCCC)CCCOC(=O)c1ccc(C(=O)OCCCN(CCCC)CCCC)cc1.Cl. The lowest BCUT2D eigenvalue weighted by molar-refractivity contribution is 0.0473. The number of unbranched alkanes of at least 4 members (excludes halogenated alkanes) is 4. The number of carbonyl (C=O) groups is 2. The summed E-state index contributed by atoms with van der Waals surface area (Å²) in [6, 6.07) is 6.58. The Balaban J connectivity index is 0.0000130. The first-order valence-electron chi connectivity index (χ1n) is 14.4. The minimum absolute atomic E-state index is 0. The molecule has 1 aromatic rings. The molecule has 0 amide bonds.